The quantitative estimate of drug-likeness (QED) is 0.834. The first kappa shape index (κ1) is 19.7. The lowest BCUT2D eigenvalue weighted by molar-refractivity contribution is 0.200. The number of rotatable bonds is 3. The molecular formula is C14H18Cl2FN3O. The van der Waals surface area contributed by atoms with E-state index < -0.39 is 11.6 Å². The molecule has 2 rings (SSSR count). The summed E-state index contributed by atoms with van der Waals surface area (Å²) in [5.74, 6) is -1.17. The zero-order valence-electron chi connectivity index (χ0n) is 11.4. The lowest BCUT2D eigenvalue weighted by Crippen LogP contribution is -2.44. The Morgan fingerprint density at radius 3 is 2.52 bits per heavy atom. The monoisotopic (exact) mass is 333 g/mol. The van der Waals surface area contributed by atoms with Crippen molar-refractivity contribution in [1.29, 1.82) is 5.26 Å². The molecule has 2 N–H and O–H groups in total. The standard InChI is InChI=1S/C14H16FN3O.2ClH/c1-2-12(18-7-5-17-6-8-18)13-10(9-16)3-4-11(15)14(13)19;;/h2-4,12,17,19H,1,5-8H2;2*1H/t12-;;/m1../s1. The van der Waals surface area contributed by atoms with Gasteiger partial charge in [-0.1, -0.05) is 6.08 Å². The Balaban J connectivity index is 0.00000200. The van der Waals surface area contributed by atoms with Gasteiger partial charge in [0.2, 0.25) is 0 Å². The Morgan fingerprint density at radius 1 is 1.38 bits per heavy atom. The number of phenols is 1. The molecule has 0 aliphatic carbocycles. The highest BCUT2D eigenvalue weighted by Crippen LogP contribution is 2.34. The molecule has 7 heteroatoms. The number of hydrogen-bond acceptors (Lipinski definition) is 4. The van der Waals surface area contributed by atoms with E-state index in [1.807, 2.05) is 6.07 Å². The molecule has 1 aromatic rings. The van der Waals surface area contributed by atoms with Crippen LogP contribution in [-0.2, 0) is 0 Å². The highest BCUT2D eigenvalue weighted by molar-refractivity contribution is 5.85. The van der Waals surface area contributed by atoms with Gasteiger partial charge in [-0.05, 0) is 12.1 Å². The van der Waals surface area contributed by atoms with E-state index in [2.05, 4.69) is 16.8 Å². The molecular weight excluding hydrogens is 316 g/mol. The molecule has 0 spiro atoms. The molecule has 0 radical (unpaired) electrons. The van der Waals surface area contributed by atoms with Crippen LogP contribution in [0, 0.1) is 17.1 Å². The Labute approximate surface area is 136 Å². The summed E-state index contributed by atoms with van der Waals surface area (Å²) in [5, 5.41) is 22.3. The highest BCUT2D eigenvalue weighted by Gasteiger charge is 2.26. The van der Waals surface area contributed by atoms with Crippen LogP contribution >= 0.6 is 24.8 Å². The van der Waals surface area contributed by atoms with Gasteiger partial charge < -0.3 is 10.4 Å². The Hall–Kier alpha value is -1.32. The van der Waals surface area contributed by atoms with E-state index in [-0.39, 0.29) is 36.4 Å². The molecule has 0 bridgehead atoms. The molecule has 1 aliphatic heterocycles. The molecule has 0 unspecified atom stereocenters. The van der Waals surface area contributed by atoms with E-state index >= 15 is 0 Å². The molecule has 1 saturated heterocycles. The van der Waals surface area contributed by atoms with Crippen LogP contribution in [0.15, 0.2) is 24.8 Å². The summed E-state index contributed by atoms with van der Waals surface area (Å²) in [7, 11) is 0. The van der Waals surface area contributed by atoms with Crippen molar-refractivity contribution < 1.29 is 9.50 Å². The second kappa shape index (κ2) is 8.85. The third-order valence-corrected chi connectivity index (χ3v) is 3.35. The third kappa shape index (κ3) is 4.08. The van der Waals surface area contributed by atoms with E-state index in [0.29, 0.717) is 5.56 Å². The summed E-state index contributed by atoms with van der Waals surface area (Å²) in [6.45, 7) is 6.92. The van der Waals surface area contributed by atoms with Crippen LogP contribution in [0.1, 0.15) is 17.2 Å². The number of nitrogens with zero attached hydrogens (tertiary/aromatic N) is 2. The Kier molecular flexibility index (Phi) is 8.30. The number of phenolic OH excluding ortho intramolecular Hbond substituents is 1. The number of hydrogen-bond donors (Lipinski definition) is 2. The van der Waals surface area contributed by atoms with Gasteiger partial charge in [-0.2, -0.15) is 5.26 Å². The van der Waals surface area contributed by atoms with Crippen molar-refractivity contribution in [2.75, 3.05) is 26.2 Å². The molecule has 116 valence electrons. The number of piperazine rings is 1. The SMILES string of the molecule is C=C[C@H](c1c(C#N)ccc(F)c1O)N1CCNCC1.Cl.Cl. The fourth-order valence-corrected chi connectivity index (χ4v) is 2.39. The lowest BCUT2D eigenvalue weighted by atomic mass is 9.97. The second-order valence-corrected chi connectivity index (χ2v) is 4.44. The summed E-state index contributed by atoms with van der Waals surface area (Å²) in [6, 6.07) is 4.14. The van der Waals surface area contributed by atoms with Crippen molar-refractivity contribution >= 4 is 24.8 Å². The number of benzene rings is 1. The molecule has 0 amide bonds. The van der Waals surface area contributed by atoms with E-state index in [9.17, 15) is 9.50 Å². The normalized spacial score (nSPS) is 16.0. The number of nitriles is 1. The van der Waals surface area contributed by atoms with Crippen LogP contribution in [0.2, 0.25) is 0 Å². The zero-order valence-corrected chi connectivity index (χ0v) is 13.0. The van der Waals surface area contributed by atoms with Crippen LogP contribution < -0.4 is 5.32 Å². The van der Waals surface area contributed by atoms with Crippen LogP contribution in [0.25, 0.3) is 0 Å². The second-order valence-electron chi connectivity index (χ2n) is 4.44. The van der Waals surface area contributed by atoms with Gasteiger partial charge in [0, 0.05) is 31.7 Å². The van der Waals surface area contributed by atoms with Crippen LogP contribution in [-0.4, -0.2) is 36.2 Å². The predicted molar refractivity (Wildman–Crippen MR) is 84.7 cm³/mol. The zero-order chi connectivity index (χ0) is 13.8. The summed E-state index contributed by atoms with van der Waals surface area (Å²) >= 11 is 0. The first-order valence-corrected chi connectivity index (χ1v) is 6.17. The molecule has 1 heterocycles. The van der Waals surface area contributed by atoms with E-state index in [0.717, 1.165) is 32.2 Å². The van der Waals surface area contributed by atoms with Crippen molar-refractivity contribution in [1.82, 2.24) is 10.2 Å². The maximum absolute atomic E-state index is 13.5. The van der Waals surface area contributed by atoms with Gasteiger partial charge in [0.25, 0.3) is 0 Å². The smallest absolute Gasteiger partial charge is 0.165 e. The molecule has 0 saturated carbocycles. The van der Waals surface area contributed by atoms with Gasteiger partial charge in [0.15, 0.2) is 11.6 Å². The molecule has 1 atom stereocenters. The maximum atomic E-state index is 13.5. The molecule has 0 aromatic heterocycles. The largest absolute Gasteiger partial charge is 0.505 e. The van der Waals surface area contributed by atoms with Crippen LogP contribution in [0.5, 0.6) is 5.75 Å². The van der Waals surface area contributed by atoms with Gasteiger partial charge >= 0.3 is 0 Å². The van der Waals surface area contributed by atoms with Crippen molar-refractivity contribution in [3.63, 3.8) is 0 Å². The average molecular weight is 334 g/mol. The molecule has 1 aromatic carbocycles. The average Bonchev–Trinajstić information content (AvgIpc) is 2.45. The molecule has 1 fully saturated rings. The highest BCUT2D eigenvalue weighted by atomic mass is 35.5. The van der Waals surface area contributed by atoms with Gasteiger partial charge in [-0.25, -0.2) is 4.39 Å². The number of aromatic hydroxyl groups is 1. The molecule has 4 nitrogen and oxygen atoms in total. The van der Waals surface area contributed by atoms with Gasteiger partial charge in [-0.15, -0.1) is 31.4 Å². The van der Waals surface area contributed by atoms with Gasteiger partial charge in [-0.3, -0.25) is 4.90 Å². The Morgan fingerprint density at radius 2 is 2.00 bits per heavy atom. The molecule has 1 aliphatic rings. The van der Waals surface area contributed by atoms with E-state index in [1.54, 1.807) is 6.08 Å². The topological polar surface area (TPSA) is 59.3 Å². The molecule has 21 heavy (non-hydrogen) atoms. The fourth-order valence-electron chi connectivity index (χ4n) is 2.39. The summed E-state index contributed by atoms with van der Waals surface area (Å²) in [6.07, 6.45) is 1.64. The van der Waals surface area contributed by atoms with Crippen LogP contribution in [0.3, 0.4) is 0 Å². The number of halogens is 3. The summed E-state index contributed by atoms with van der Waals surface area (Å²) in [4.78, 5) is 2.07. The van der Waals surface area contributed by atoms with Crippen molar-refractivity contribution in [2.45, 2.75) is 6.04 Å². The fraction of sp³-hybridized carbons (Fsp3) is 0.357. The minimum atomic E-state index is -0.712. The van der Waals surface area contributed by atoms with Gasteiger partial charge in [0.05, 0.1) is 17.7 Å². The first-order valence-electron chi connectivity index (χ1n) is 6.17. The minimum Gasteiger partial charge on any atom is -0.505 e. The van der Waals surface area contributed by atoms with Gasteiger partial charge in [0.1, 0.15) is 0 Å². The van der Waals surface area contributed by atoms with Crippen molar-refractivity contribution in [3.8, 4) is 11.8 Å². The Bertz CT molecular complexity index is 528. The predicted octanol–water partition coefficient (Wildman–Crippen LogP) is 2.38. The van der Waals surface area contributed by atoms with Crippen molar-refractivity contribution in [2.24, 2.45) is 0 Å². The van der Waals surface area contributed by atoms with E-state index in [1.165, 1.54) is 6.07 Å². The van der Waals surface area contributed by atoms with E-state index in [4.69, 9.17) is 5.26 Å². The number of nitrogens with one attached hydrogen (secondary N) is 1. The van der Waals surface area contributed by atoms with Crippen LogP contribution in [0.4, 0.5) is 4.39 Å². The minimum absolute atomic E-state index is 0. The van der Waals surface area contributed by atoms with Crippen molar-refractivity contribution in [3.05, 3.63) is 41.7 Å². The summed E-state index contributed by atoms with van der Waals surface area (Å²) in [5.41, 5.74) is 0.585. The third-order valence-electron chi connectivity index (χ3n) is 3.35. The summed E-state index contributed by atoms with van der Waals surface area (Å²) < 4.78 is 13.5. The maximum Gasteiger partial charge on any atom is 0.165 e. The lowest BCUT2D eigenvalue weighted by Gasteiger charge is -2.34. The first-order chi connectivity index (χ1) is 9.19.